The van der Waals surface area contributed by atoms with E-state index in [1.54, 1.807) is 7.11 Å². The van der Waals surface area contributed by atoms with Crippen LogP contribution in [-0.4, -0.2) is 30.2 Å². The summed E-state index contributed by atoms with van der Waals surface area (Å²) in [5, 5.41) is 0. The number of nitrogens with zero attached hydrogens (tertiary/aromatic N) is 3. The van der Waals surface area contributed by atoms with Gasteiger partial charge in [0.2, 0.25) is 5.88 Å². The Morgan fingerprint density at radius 3 is 3.00 bits per heavy atom. The number of hydrogen-bond acceptors (Lipinski definition) is 4. The maximum absolute atomic E-state index is 5.05. The maximum atomic E-state index is 5.05. The van der Waals surface area contributed by atoms with Gasteiger partial charge in [0.25, 0.3) is 0 Å². The summed E-state index contributed by atoms with van der Waals surface area (Å²) in [7, 11) is 1.61. The van der Waals surface area contributed by atoms with Gasteiger partial charge in [-0.05, 0) is 6.42 Å². The normalized spacial score (nSPS) is 15.6. The first-order valence-corrected chi connectivity index (χ1v) is 4.66. The average molecular weight is 191 g/mol. The van der Waals surface area contributed by atoms with Crippen LogP contribution in [0.5, 0.6) is 5.88 Å². The highest BCUT2D eigenvalue weighted by Gasteiger charge is 2.09. The number of aromatic nitrogens is 2. The van der Waals surface area contributed by atoms with Crippen molar-refractivity contribution >= 4 is 5.82 Å². The molecule has 1 aromatic heterocycles. The van der Waals surface area contributed by atoms with E-state index in [9.17, 15) is 0 Å². The Morgan fingerprint density at radius 2 is 2.29 bits per heavy atom. The van der Waals surface area contributed by atoms with Gasteiger partial charge in [-0.3, -0.25) is 0 Å². The van der Waals surface area contributed by atoms with Gasteiger partial charge in [0.15, 0.2) is 0 Å². The Bertz CT molecular complexity index is 338. The second kappa shape index (κ2) is 4.09. The fraction of sp³-hybridized carbons (Fsp3) is 0.400. The molecule has 0 bridgehead atoms. The molecule has 4 nitrogen and oxygen atoms in total. The third-order valence-corrected chi connectivity index (χ3v) is 2.22. The summed E-state index contributed by atoms with van der Waals surface area (Å²) in [6.07, 6.45) is 6.95. The molecule has 0 radical (unpaired) electrons. The lowest BCUT2D eigenvalue weighted by molar-refractivity contribution is 0.396. The molecule has 14 heavy (non-hydrogen) atoms. The van der Waals surface area contributed by atoms with E-state index in [-0.39, 0.29) is 0 Å². The molecule has 1 aliphatic heterocycles. The molecule has 2 rings (SSSR count). The fourth-order valence-corrected chi connectivity index (χ4v) is 1.46. The van der Waals surface area contributed by atoms with Crippen LogP contribution in [0.1, 0.15) is 6.42 Å². The Balaban J connectivity index is 2.18. The van der Waals surface area contributed by atoms with Crippen molar-refractivity contribution in [2.45, 2.75) is 6.42 Å². The lowest BCUT2D eigenvalue weighted by atomic mass is 10.2. The van der Waals surface area contributed by atoms with Crippen molar-refractivity contribution in [1.82, 2.24) is 9.97 Å². The summed E-state index contributed by atoms with van der Waals surface area (Å²) in [4.78, 5) is 10.4. The predicted octanol–water partition coefficient (Wildman–Crippen LogP) is 1.25. The third-order valence-electron chi connectivity index (χ3n) is 2.22. The Hall–Kier alpha value is -1.58. The van der Waals surface area contributed by atoms with Gasteiger partial charge in [-0.1, -0.05) is 12.2 Å². The van der Waals surface area contributed by atoms with Crippen molar-refractivity contribution in [3.8, 4) is 5.88 Å². The third kappa shape index (κ3) is 1.84. The molecule has 0 atom stereocenters. The monoisotopic (exact) mass is 191 g/mol. The van der Waals surface area contributed by atoms with Crippen LogP contribution >= 0.6 is 0 Å². The minimum Gasteiger partial charge on any atom is -0.481 e. The van der Waals surface area contributed by atoms with Gasteiger partial charge in [0, 0.05) is 19.2 Å². The predicted molar refractivity (Wildman–Crippen MR) is 54.6 cm³/mol. The number of rotatable bonds is 2. The summed E-state index contributed by atoms with van der Waals surface area (Å²) in [5.74, 6) is 1.55. The molecule has 0 unspecified atom stereocenters. The summed E-state index contributed by atoms with van der Waals surface area (Å²) in [6, 6.07) is 1.86. The minimum atomic E-state index is 0.615. The van der Waals surface area contributed by atoms with Crippen LogP contribution in [0, 0.1) is 0 Å². The number of methoxy groups -OCH3 is 1. The van der Waals surface area contributed by atoms with E-state index in [0.717, 1.165) is 25.3 Å². The maximum Gasteiger partial charge on any atom is 0.218 e. The van der Waals surface area contributed by atoms with Gasteiger partial charge in [0.1, 0.15) is 12.1 Å². The van der Waals surface area contributed by atoms with E-state index in [1.165, 1.54) is 6.33 Å². The molecule has 0 N–H and O–H groups in total. The smallest absolute Gasteiger partial charge is 0.218 e. The second-order valence-corrected chi connectivity index (χ2v) is 3.12. The molecule has 0 saturated heterocycles. The molecule has 1 aliphatic rings. The van der Waals surface area contributed by atoms with Crippen molar-refractivity contribution in [1.29, 1.82) is 0 Å². The number of anilines is 1. The molecular weight excluding hydrogens is 178 g/mol. The molecule has 1 aromatic rings. The van der Waals surface area contributed by atoms with E-state index in [2.05, 4.69) is 27.0 Å². The van der Waals surface area contributed by atoms with Gasteiger partial charge in [-0.25, -0.2) is 9.97 Å². The molecule has 0 spiro atoms. The van der Waals surface area contributed by atoms with Crippen LogP contribution in [-0.2, 0) is 0 Å². The fourth-order valence-electron chi connectivity index (χ4n) is 1.46. The molecule has 0 amide bonds. The first-order valence-electron chi connectivity index (χ1n) is 4.66. The Morgan fingerprint density at radius 1 is 1.36 bits per heavy atom. The zero-order chi connectivity index (χ0) is 9.80. The Labute approximate surface area is 83.2 Å². The lowest BCUT2D eigenvalue weighted by Crippen LogP contribution is -2.27. The molecule has 74 valence electrons. The highest BCUT2D eigenvalue weighted by molar-refractivity contribution is 5.42. The van der Waals surface area contributed by atoms with Crippen LogP contribution in [0.15, 0.2) is 24.5 Å². The lowest BCUT2D eigenvalue weighted by Gasteiger charge is -2.24. The van der Waals surface area contributed by atoms with E-state index >= 15 is 0 Å². The molecule has 0 fully saturated rings. The van der Waals surface area contributed by atoms with Crippen LogP contribution in [0.25, 0.3) is 0 Å². The molecule has 0 aromatic carbocycles. The SMILES string of the molecule is COc1cc(N2CC=CCC2)ncn1. The molecule has 4 heteroatoms. The van der Waals surface area contributed by atoms with Crippen molar-refractivity contribution in [2.24, 2.45) is 0 Å². The van der Waals surface area contributed by atoms with Gasteiger partial charge in [-0.15, -0.1) is 0 Å². The summed E-state index contributed by atoms with van der Waals surface area (Å²) in [6.45, 7) is 1.93. The van der Waals surface area contributed by atoms with Crippen molar-refractivity contribution in [3.05, 3.63) is 24.5 Å². The van der Waals surface area contributed by atoms with Gasteiger partial charge in [0.05, 0.1) is 7.11 Å². The van der Waals surface area contributed by atoms with E-state index in [4.69, 9.17) is 4.74 Å². The second-order valence-electron chi connectivity index (χ2n) is 3.12. The van der Waals surface area contributed by atoms with Crippen LogP contribution in [0.3, 0.4) is 0 Å². The van der Waals surface area contributed by atoms with Crippen LogP contribution in [0.2, 0.25) is 0 Å². The molecule has 2 heterocycles. The number of hydrogen-bond donors (Lipinski definition) is 0. The zero-order valence-corrected chi connectivity index (χ0v) is 8.18. The average Bonchev–Trinajstić information content (AvgIpc) is 2.30. The topological polar surface area (TPSA) is 38.2 Å². The van der Waals surface area contributed by atoms with Crippen molar-refractivity contribution < 1.29 is 4.74 Å². The first kappa shape index (κ1) is 8.99. The van der Waals surface area contributed by atoms with Crippen LogP contribution in [0.4, 0.5) is 5.82 Å². The van der Waals surface area contributed by atoms with Gasteiger partial charge in [-0.2, -0.15) is 0 Å². The quantitative estimate of drug-likeness (QED) is 0.659. The van der Waals surface area contributed by atoms with Gasteiger partial charge >= 0.3 is 0 Å². The first-order chi connectivity index (χ1) is 6.90. The molecule has 0 saturated carbocycles. The number of ether oxygens (including phenoxy) is 1. The standard InChI is InChI=1S/C10H13N3O/c1-14-10-7-9(11-8-12-10)13-5-3-2-4-6-13/h2-3,7-8H,4-6H2,1H3. The summed E-state index contributed by atoms with van der Waals surface area (Å²) < 4.78 is 5.05. The zero-order valence-electron chi connectivity index (χ0n) is 8.18. The minimum absolute atomic E-state index is 0.615. The van der Waals surface area contributed by atoms with E-state index in [1.807, 2.05) is 6.07 Å². The largest absolute Gasteiger partial charge is 0.481 e. The van der Waals surface area contributed by atoms with E-state index < -0.39 is 0 Å². The molecular formula is C10H13N3O. The highest BCUT2D eigenvalue weighted by Crippen LogP contribution is 2.17. The van der Waals surface area contributed by atoms with Gasteiger partial charge < -0.3 is 9.64 Å². The van der Waals surface area contributed by atoms with Crippen molar-refractivity contribution in [3.63, 3.8) is 0 Å². The highest BCUT2D eigenvalue weighted by atomic mass is 16.5. The van der Waals surface area contributed by atoms with Crippen LogP contribution < -0.4 is 9.64 Å². The summed E-state index contributed by atoms with van der Waals surface area (Å²) in [5.41, 5.74) is 0. The molecule has 0 aliphatic carbocycles. The van der Waals surface area contributed by atoms with Crippen molar-refractivity contribution in [2.75, 3.05) is 25.1 Å². The summed E-state index contributed by atoms with van der Waals surface area (Å²) >= 11 is 0. The van der Waals surface area contributed by atoms with E-state index in [0.29, 0.717) is 5.88 Å². The Kier molecular flexibility index (Phi) is 2.62.